The fraction of sp³-hybridized carbons (Fsp3) is 1.00. The van der Waals surface area contributed by atoms with Crippen LogP contribution in [0.15, 0.2) is 0 Å². The van der Waals surface area contributed by atoms with E-state index in [0.717, 1.165) is 19.3 Å². The average Bonchev–Trinajstić information content (AvgIpc) is 2.20. The van der Waals surface area contributed by atoms with Crippen molar-refractivity contribution in [2.45, 2.75) is 45.6 Å². The molecule has 13 heavy (non-hydrogen) atoms. The molecule has 0 aliphatic carbocycles. The Morgan fingerprint density at radius 1 is 1.00 bits per heavy atom. The molecule has 0 aromatic rings. The van der Waals surface area contributed by atoms with Crippen LogP contribution in [0.3, 0.4) is 0 Å². The molecule has 0 unspecified atom stereocenters. The fourth-order valence-electron chi connectivity index (χ4n) is 1.30. The molecule has 80 valence electrons. The Balaban J connectivity index is 3.68. The highest BCUT2D eigenvalue weighted by Gasteiger charge is 2.23. The lowest BCUT2D eigenvalue weighted by atomic mass is 9.91. The molecule has 0 fully saturated rings. The van der Waals surface area contributed by atoms with E-state index in [0.29, 0.717) is 13.2 Å². The van der Waals surface area contributed by atoms with E-state index in [1.165, 1.54) is 0 Å². The van der Waals surface area contributed by atoms with Crippen LogP contribution >= 0.6 is 0 Å². The minimum Gasteiger partial charge on any atom is -0.382 e. The molecule has 0 heterocycles. The van der Waals surface area contributed by atoms with Gasteiger partial charge in [0, 0.05) is 12.6 Å². The molecule has 3 nitrogen and oxygen atoms in total. The maximum absolute atomic E-state index is 5.34. The summed E-state index contributed by atoms with van der Waals surface area (Å²) in [7, 11) is 1.68. The summed E-state index contributed by atoms with van der Waals surface area (Å²) < 4.78 is 4.89. The van der Waals surface area contributed by atoms with Gasteiger partial charge in [0.1, 0.15) is 0 Å². The van der Waals surface area contributed by atoms with Gasteiger partial charge in [0.15, 0.2) is 0 Å². The molecule has 0 aromatic carbocycles. The quantitative estimate of drug-likeness (QED) is 0.468. The van der Waals surface area contributed by atoms with Crippen molar-refractivity contribution in [1.82, 2.24) is 5.48 Å². The second-order valence-electron chi connectivity index (χ2n) is 3.28. The molecular weight excluding hydrogens is 166 g/mol. The molecule has 0 aliphatic heterocycles. The zero-order valence-corrected chi connectivity index (χ0v) is 9.35. The van der Waals surface area contributed by atoms with Crippen LogP contribution in [0.4, 0.5) is 0 Å². The molecule has 0 bridgehead atoms. The van der Waals surface area contributed by atoms with Crippen LogP contribution in [0.2, 0.25) is 0 Å². The lowest BCUT2D eigenvalue weighted by Crippen LogP contribution is -2.43. The molecule has 1 N–H and O–H groups in total. The maximum atomic E-state index is 5.34. The highest BCUT2D eigenvalue weighted by Crippen LogP contribution is 2.18. The summed E-state index contributed by atoms with van der Waals surface area (Å²) in [4.78, 5) is 5.34. The van der Waals surface area contributed by atoms with Crippen LogP contribution in [-0.2, 0) is 9.57 Å². The number of hydrogen-bond acceptors (Lipinski definition) is 3. The molecule has 0 aromatic heterocycles. The number of rotatable bonds is 8. The zero-order chi connectivity index (χ0) is 10.2. The van der Waals surface area contributed by atoms with Crippen LogP contribution in [0.1, 0.15) is 40.0 Å². The highest BCUT2D eigenvalue weighted by atomic mass is 16.7. The standard InChI is InChI=1S/C10H23NO2/c1-5-10(6-2,7-3)11-13-9-8-12-4/h11H,5-9H2,1-4H3. The van der Waals surface area contributed by atoms with E-state index in [2.05, 4.69) is 26.3 Å². The van der Waals surface area contributed by atoms with Gasteiger partial charge in [-0.3, -0.25) is 4.84 Å². The number of hydroxylamine groups is 1. The number of nitrogens with one attached hydrogen (secondary N) is 1. The van der Waals surface area contributed by atoms with Gasteiger partial charge in [0.2, 0.25) is 0 Å². The Kier molecular flexibility index (Phi) is 7.23. The van der Waals surface area contributed by atoms with Crippen molar-refractivity contribution in [1.29, 1.82) is 0 Å². The van der Waals surface area contributed by atoms with E-state index in [-0.39, 0.29) is 5.54 Å². The lowest BCUT2D eigenvalue weighted by Gasteiger charge is -2.30. The van der Waals surface area contributed by atoms with E-state index in [1.807, 2.05) is 0 Å². The van der Waals surface area contributed by atoms with Gasteiger partial charge < -0.3 is 4.74 Å². The summed E-state index contributed by atoms with van der Waals surface area (Å²) >= 11 is 0. The van der Waals surface area contributed by atoms with Crippen molar-refractivity contribution >= 4 is 0 Å². The monoisotopic (exact) mass is 189 g/mol. The third-order valence-corrected chi connectivity index (χ3v) is 2.71. The summed E-state index contributed by atoms with van der Waals surface area (Å²) in [6.45, 7) is 7.79. The summed E-state index contributed by atoms with van der Waals surface area (Å²) in [6, 6.07) is 0. The zero-order valence-electron chi connectivity index (χ0n) is 9.35. The fourth-order valence-corrected chi connectivity index (χ4v) is 1.30. The van der Waals surface area contributed by atoms with Gasteiger partial charge in [0.25, 0.3) is 0 Å². The van der Waals surface area contributed by atoms with Crippen molar-refractivity contribution in [3.63, 3.8) is 0 Å². The summed E-state index contributed by atoms with van der Waals surface area (Å²) in [5.74, 6) is 0. The van der Waals surface area contributed by atoms with Crippen LogP contribution in [0, 0.1) is 0 Å². The smallest absolute Gasteiger partial charge is 0.0916 e. The summed E-state index contributed by atoms with van der Waals surface area (Å²) in [5.41, 5.74) is 3.28. The Bertz CT molecular complexity index is 105. The van der Waals surface area contributed by atoms with E-state index >= 15 is 0 Å². The third kappa shape index (κ3) is 4.60. The minimum atomic E-state index is 0.147. The number of methoxy groups -OCH3 is 1. The Morgan fingerprint density at radius 3 is 1.92 bits per heavy atom. The molecule has 0 rings (SSSR count). The van der Waals surface area contributed by atoms with Crippen LogP contribution < -0.4 is 5.48 Å². The number of ether oxygens (including phenoxy) is 1. The summed E-state index contributed by atoms with van der Waals surface area (Å²) in [6.07, 6.45) is 3.27. The predicted molar refractivity (Wildman–Crippen MR) is 54.6 cm³/mol. The van der Waals surface area contributed by atoms with Crippen molar-refractivity contribution in [3.05, 3.63) is 0 Å². The van der Waals surface area contributed by atoms with Gasteiger partial charge in [-0.25, -0.2) is 0 Å². The maximum Gasteiger partial charge on any atom is 0.0916 e. The van der Waals surface area contributed by atoms with Crippen molar-refractivity contribution < 1.29 is 9.57 Å². The second-order valence-corrected chi connectivity index (χ2v) is 3.28. The molecule has 0 aliphatic rings. The van der Waals surface area contributed by atoms with Gasteiger partial charge in [0.05, 0.1) is 13.2 Å². The Morgan fingerprint density at radius 2 is 1.54 bits per heavy atom. The van der Waals surface area contributed by atoms with Gasteiger partial charge in [-0.15, -0.1) is 0 Å². The van der Waals surface area contributed by atoms with E-state index in [9.17, 15) is 0 Å². The van der Waals surface area contributed by atoms with Crippen LogP contribution in [-0.4, -0.2) is 25.9 Å². The second kappa shape index (κ2) is 7.30. The average molecular weight is 189 g/mol. The predicted octanol–water partition coefficient (Wildman–Crippen LogP) is 2.12. The van der Waals surface area contributed by atoms with Gasteiger partial charge in [-0.2, -0.15) is 5.48 Å². The SMILES string of the molecule is CCC(CC)(CC)NOCCOC. The van der Waals surface area contributed by atoms with Crippen molar-refractivity contribution in [2.75, 3.05) is 20.3 Å². The normalized spacial score (nSPS) is 12.0. The van der Waals surface area contributed by atoms with Gasteiger partial charge in [-0.1, -0.05) is 20.8 Å². The first kappa shape index (κ1) is 12.9. The molecule has 0 atom stereocenters. The molecule has 0 saturated heterocycles. The Labute approximate surface area is 81.8 Å². The van der Waals surface area contributed by atoms with Gasteiger partial charge in [-0.05, 0) is 19.3 Å². The first-order chi connectivity index (χ1) is 6.24. The van der Waals surface area contributed by atoms with E-state index in [1.54, 1.807) is 7.11 Å². The van der Waals surface area contributed by atoms with Crippen molar-refractivity contribution in [2.24, 2.45) is 0 Å². The van der Waals surface area contributed by atoms with E-state index < -0.39 is 0 Å². The van der Waals surface area contributed by atoms with Crippen molar-refractivity contribution in [3.8, 4) is 0 Å². The molecule has 0 radical (unpaired) electrons. The first-order valence-electron chi connectivity index (χ1n) is 5.12. The number of hydrogen-bond donors (Lipinski definition) is 1. The molecular formula is C10H23NO2. The molecule has 3 heteroatoms. The van der Waals surface area contributed by atoms with Crippen LogP contribution in [0.25, 0.3) is 0 Å². The Hall–Kier alpha value is -0.120. The molecule has 0 saturated carbocycles. The minimum absolute atomic E-state index is 0.147. The largest absolute Gasteiger partial charge is 0.382 e. The summed E-state index contributed by atoms with van der Waals surface area (Å²) in [5, 5.41) is 0. The topological polar surface area (TPSA) is 30.5 Å². The lowest BCUT2D eigenvalue weighted by molar-refractivity contribution is -0.0473. The third-order valence-electron chi connectivity index (χ3n) is 2.71. The molecule has 0 amide bonds. The van der Waals surface area contributed by atoms with E-state index in [4.69, 9.17) is 9.57 Å². The van der Waals surface area contributed by atoms with Crippen LogP contribution in [0.5, 0.6) is 0 Å². The highest BCUT2D eigenvalue weighted by molar-refractivity contribution is 4.79. The first-order valence-corrected chi connectivity index (χ1v) is 5.12. The molecule has 0 spiro atoms. The van der Waals surface area contributed by atoms with Gasteiger partial charge >= 0.3 is 0 Å².